The topological polar surface area (TPSA) is 124 Å². The van der Waals surface area contributed by atoms with E-state index in [1.807, 2.05) is 44.2 Å². The third kappa shape index (κ3) is 5.72. The Bertz CT molecular complexity index is 1490. The van der Waals surface area contributed by atoms with Gasteiger partial charge >= 0.3 is 0 Å². The van der Waals surface area contributed by atoms with Gasteiger partial charge in [0.15, 0.2) is 0 Å². The van der Waals surface area contributed by atoms with Crippen LogP contribution in [0.4, 0.5) is 11.8 Å². The van der Waals surface area contributed by atoms with Gasteiger partial charge in [0.05, 0.1) is 18.1 Å². The summed E-state index contributed by atoms with van der Waals surface area (Å²) in [5.74, 6) is 1.36. The van der Waals surface area contributed by atoms with Crippen molar-refractivity contribution in [1.82, 2.24) is 24.7 Å². The van der Waals surface area contributed by atoms with Gasteiger partial charge in [0.2, 0.25) is 11.8 Å². The Kier molecular flexibility index (Phi) is 6.79. The molecule has 2 N–H and O–H groups in total. The molecule has 0 radical (unpaired) electrons. The van der Waals surface area contributed by atoms with Gasteiger partial charge in [-0.05, 0) is 49.9 Å². The van der Waals surface area contributed by atoms with Gasteiger partial charge in [-0.1, -0.05) is 31.0 Å². The predicted octanol–water partition coefficient (Wildman–Crippen LogP) is 4.84. The van der Waals surface area contributed by atoms with Crippen LogP contribution in [0.1, 0.15) is 36.8 Å². The Labute approximate surface area is 216 Å². The number of anilines is 2. The monoisotopic (exact) mass is 519 g/mol. The van der Waals surface area contributed by atoms with Crippen LogP contribution in [0.3, 0.4) is 0 Å². The van der Waals surface area contributed by atoms with Crippen LogP contribution < -0.4 is 14.8 Å². The highest BCUT2D eigenvalue weighted by atomic mass is 32.2. The highest BCUT2D eigenvalue weighted by Gasteiger charge is 2.20. The van der Waals surface area contributed by atoms with Crippen molar-refractivity contribution in [2.75, 3.05) is 10.0 Å². The molecule has 1 saturated carbocycles. The van der Waals surface area contributed by atoms with Crippen molar-refractivity contribution in [3.8, 4) is 22.9 Å². The van der Waals surface area contributed by atoms with E-state index in [0.29, 0.717) is 17.5 Å². The largest absolute Gasteiger partial charge is 0.437 e. The number of ether oxygens (including phenoxy) is 1. The second kappa shape index (κ2) is 10.2. The molecule has 0 spiro atoms. The Hall–Kier alpha value is -3.99. The number of sulfonamides is 1. The molecule has 5 rings (SSSR count). The van der Waals surface area contributed by atoms with Gasteiger partial charge in [0, 0.05) is 30.9 Å². The lowest BCUT2D eigenvalue weighted by Gasteiger charge is -2.14. The van der Waals surface area contributed by atoms with E-state index in [1.54, 1.807) is 19.3 Å². The molecule has 0 aliphatic heterocycles. The van der Waals surface area contributed by atoms with Crippen molar-refractivity contribution in [3.05, 3.63) is 66.1 Å². The molecule has 37 heavy (non-hydrogen) atoms. The molecule has 1 aromatic carbocycles. The first kappa shape index (κ1) is 24.7. The van der Waals surface area contributed by atoms with Crippen molar-refractivity contribution in [2.45, 2.75) is 50.5 Å². The van der Waals surface area contributed by atoms with Crippen molar-refractivity contribution in [2.24, 2.45) is 7.05 Å². The molecule has 4 aromatic rings. The predicted molar refractivity (Wildman–Crippen MR) is 141 cm³/mol. The van der Waals surface area contributed by atoms with Gasteiger partial charge in [-0.3, -0.25) is 4.68 Å². The summed E-state index contributed by atoms with van der Waals surface area (Å²) in [6.07, 6.45) is 9.07. The summed E-state index contributed by atoms with van der Waals surface area (Å²) >= 11 is 0. The fraction of sp³-hybridized carbons (Fsp3) is 0.308. The summed E-state index contributed by atoms with van der Waals surface area (Å²) in [5, 5.41) is 7.40. The molecule has 0 saturated heterocycles. The highest BCUT2D eigenvalue weighted by molar-refractivity contribution is 7.92. The maximum absolute atomic E-state index is 12.9. The fourth-order valence-electron chi connectivity index (χ4n) is 4.51. The summed E-state index contributed by atoms with van der Waals surface area (Å²) in [5.41, 5.74) is 3.41. The van der Waals surface area contributed by atoms with Crippen molar-refractivity contribution < 1.29 is 13.2 Å². The second-order valence-electron chi connectivity index (χ2n) is 9.24. The van der Waals surface area contributed by atoms with Crippen LogP contribution in [0.25, 0.3) is 11.3 Å². The van der Waals surface area contributed by atoms with Gasteiger partial charge in [-0.15, -0.1) is 0 Å². The molecular formula is C26H29N7O3S. The zero-order valence-corrected chi connectivity index (χ0v) is 21.8. The summed E-state index contributed by atoms with van der Waals surface area (Å²) in [4.78, 5) is 13.3. The first-order valence-corrected chi connectivity index (χ1v) is 13.6. The van der Waals surface area contributed by atoms with Crippen molar-refractivity contribution >= 4 is 21.8 Å². The molecule has 0 unspecified atom stereocenters. The molecule has 11 heteroatoms. The van der Waals surface area contributed by atoms with Crippen molar-refractivity contribution in [3.63, 3.8) is 0 Å². The van der Waals surface area contributed by atoms with Crippen molar-refractivity contribution in [1.29, 1.82) is 0 Å². The lowest BCUT2D eigenvalue weighted by molar-refractivity contribution is 0.461. The number of rotatable bonds is 8. The maximum Gasteiger partial charge on any atom is 0.267 e. The van der Waals surface area contributed by atoms with Crippen LogP contribution in [0.15, 0.2) is 59.9 Å². The molecule has 10 nitrogen and oxygen atoms in total. The first-order valence-electron chi connectivity index (χ1n) is 12.1. The molecule has 0 atom stereocenters. The smallest absolute Gasteiger partial charge is 0.267 e. The van der Waals surface area contributed by atoms with Gasteiger partial charge in [-0.2, -0.15) is 10.1 Å². The standard InChI is InChI=1S/C26H29N7O3S/c1-17-7-6-8-18(2)25(17)22-13-24(31-26(30-22)32-37(34,35)21-15-28-33(3)16-21)36-20-11-12-23(27-14-20)29-19-9-4-5-10-19/h6-8,11-16,19H,4-5,9-10H2,1-3H3,(H,27,29)(H,30,31,32). The molecule has 192 valence electrons. The number of aromatic nitrogens is 5. The normalized spacial score (nSPS) is 14.0. The van der Waals surface area contributed by atoms with E-state index < -0.39 is 10.0 Å². The van der Waals surface area contributed by atoms with Gasteiger partial charge in [0.1, 0.15) is 16.5 Å². The number of nitrogens with zero attached hydrogens (tertiary/aromatic N) is 5. The lowest BCUT2D eigenvalue weighted by Crippen LogP contribution is -2.15. The van der Waals surface area contributed by atoms with E-state index in [1.165, 1.54) is 29.9 Å². The van der Waals surface area contributed by atoms with Crippen LogP contribution in [0.5, 0.6) is 11.6 Å². The van der Waals surface area contributed by atoms with E-state index in [9.17, 15) is 8.42 Å². The molecule has 1 fully saturated rings. The van der Waals surface area contributed by atoms with E-state index in [0.717, 1.165) is 35.3 Å². The van der Waals surface area contributed by atoms with Crippen LogP contribution in [0.2, 0.25) is 0 Å². The molecule has 0 bridgehead atoms. The third-order valence-electron chi connectivity index (χ3n) is 6.32. The quantitative estimate of drug-likeness (QED) is 0.339. The molecule has 0 amide bonds. The minimum Gasteiger partial charge on any atom is -0.437 e. The molecule has 3 heterocycles. The Morgan fingerprint density at radius 3 is 2.43 bits per heavy atom. The number of pyridine rings is 1. The number of aryl methyl sites for hydroxylation is 3. The molecule has 1 aliphatic carbocycles. The summed E-state index contributed by atoms with van der Waals surface area (Å²) in [6, 6.07) is 11.7. The SMILES string of the molecule is Cc1cccc(C)c1-c1cc(Oc2ccc(NC3CCCC3)nc2)nc(NS(=O)(=O)c2cnn(C)c2)n1. The minimum absolute atomic E-state index is 0.00750. The third-order valence-corrected chi connectivity index (χ3v) is 7.61. The summed E-state index contributed by atoms with van der Waals surface area (Å²) in [6.45, 7) is 3.95. The number of nitrogens with one attached hydrogen (secondary N) is 2. The van der Waals surface area contributed by atoms with E-state index in [2.05, 4.69) is 30.1 Å². The van der Waals surface area contributed by atoms with E-state index in [4.69, 9.17) is 4.74 Å². The van der Waals surface area contributed by atoms with E-state index >= 15 is 0 Å². The summed E-state index contributed by atoms with van der Waals surface area (Å²) < 4.78 is 35.8. The molecular weight excluding hydrogens is 490 g/mol. The minimum atomic E-state index is -3.95. The Morgan fingerprint density at radius 1 is 1.03 bits per heavy atom. The maximum atomic E-state index is 12.9. The van der Waals surface area contributed by atoms with Crippen LogP contribution in [0, 0.1) is 13.8 Å². The number of hydrogen-bond donors (Lipinski definition) is 2. The molecule has 1 aliphatic rings. The zero-order valence-electron chi connectivity index (χ0n) is 21.0. The first-order chi connectivity index (χ1) is 17.8. The van der Waals surface area contributed by atoms with Gasteiger partial charge < -0.3 is 10.1 Å². The van der Waals surface area contributed by atoms with E-state index in [-0.39, 0.29) is 16.7 Å². The van der Waals surface area contributed by atoms with Gasteiger partial charge in [0.25, 0.3) is 10.0 Å². The fourth-order valence-corrected chi connectivity index (χ4v) is 5.44. The number of benzene rings is 1. The average Bonchev–Trinajstić information content (AvgIpc) is 3.52. The van der Waals surface area contributed by atoms with Crippen LogP contribution >= 0.6 is 0 Å². The number of hydrogen-bond acceptors (Lipinski definition) is 8. The Morgan fingerprint density at radius 2 is 1.78 bits per heavy atom. The summed E-state index contributed by atoms with van der Waals surface area (Å²) in [7, 11) is -2.31. The van der Waals surface area contributed by atoms with Gasteiger partial charge in [-0.25, -0.2) is 23.1 Å². The molecule has 3 aromatic heterocycles. The Balaban J connectivity index is 1.46. The zero-order chi connectivity index (χ0) is 26.0. The average molecular weight is 520 g/mol. The highest BCUT2D eigenvalue weighted by Crippen LogP contribution is 2.31. The van der Waals surface area contributed by atoms with Crippen LogP contribution in [-0.4, -0.2) is 39.2 Å². The second-order valence-corrected chi connectivity index (χ2v) is 10.9. The lowest BCUT2D eigenvalue weighted by atomic mass is 10.00. The van der Waals surface area contributed by atoms with Crippen LogP contribution in [-0.2, 0) is 17.1 Å².